The van der Waals surface area contributed by atoms with Crippen molar-refractivity contribution in [1.82, 2.24) is 15.1 Å². The Bertz CT molecular complexity index is 876. The summed E-state index contributed by atoms with van der Waals surface area (Å²) in [5, 5.41) is 7.21. The molecule has 0 fully saturated rings. The molecular formula is C19H17BrFN3O. The predicted molar refractivity (Wildman–Crippen MR) is 98.6 cm³/mol. The molecule has 0 spiro atoms. The highest BCUT2D eigenvalue weighted by atomic mass is 79.9. The topological polar surface area (TPSA) is 46.9 Å². The van der Waals surface area contributed by atoms with Gasteiger partial charge in [-0.2, -0.15) is 5.10 Å². The van der Waals surface area contributed by atoms with Crippen LogP contribution in [0.15, 0.2) is 65.3 Å². The van der Waals surface area contributed by atoms with Crippen LogP contribution in [0, 0.1) is 5.82 Å². The molecule has 1 atom stereocenters. The molecule has 4 nitrogen and oxygen atoms in total. The van der Waals surface area contributed by atoms with Gasteiger partial charge in [0.2, 0.25) is 5.91 Å². The zero-order valence-electron chi connectivity index (χ0n) is 13.6. The molecule has 1 N–H and O–H groups in total. The van der Waals surface area contributed by atoms with E-state index in [0.29, 0.717) is 12.1 Å². The van der Waals surface area contributed by atoms with Crippen LogP contribution in [0.4, 0.5) is 4.39 Å². The normalized spacial score (nSPS) is 12.0. The first-order valence-corrected chi connectivity index (χ1v) is 8.63. The second-order valence-corrected chi connectivity index (χ2v) is 6.57. The lowest BCUT2D eigenvalue weighted by atomic mass is 10.1. The van der Waals surface area contributed by atoms with Gasteiger partial charge in [-0.05, 0) is 48.0 Å². The third-order valence-corrected chi connectivity index (χ3v) is 4.43. The molecular weight excluding hydrogens is 385 g/mol. The fraction of sp³-hybridized carbons (Fsp3) is 0.158. The minimum absolute atomic E-state index is 0.117. The summed E-state index contributed by atoms with van der Waals surface area (Å²) in [6.45, 7) is 0. The fourth-order valence-electron chi connectivity index (χ4n) is 2.65. The van der Waals surface area contributed by atoms with E-state index in [4.69, 9.17) is 0 Å². The molecule has 1 heterocycles. The first kappa shape index (κ1) is 17.4. The molecule has 0 unspecified atom stereocenters. The molecule has 1 aromatic heterocycles. The minimum atomic E-state index is -0.464. The quantitative estimate of drug-likeness (QED) is 0.702. The molecule has 6 heteroatoms. The number of amides is 1. The monoisotopic (exact) mass is 401 g/mol. The number of carbonyl (C=O) groups excluding carboxylic acids is 1. The number of benzene rings is 2. The lowest BCUT2D eigenvalue weighted by molar-refractivity contribution is -0.124. The van der Waals surface area contributed by atoms with Gasteiger partial charge in [-0.1, -0.05) is 28.1 Å². The van der Waals surface area contributed by atoms with Crippen LogP contribution in [0.25, 0.3) is 11.3 Å². The number of nitrogens with zero attached hydrogens (tertiary/aromatic N) is 2. The van der Waals surface area contributed by atoms with E-state index < -0.39 is 6.04 Å². The Morgan fingerprint density at radius 3 is 2.68 bits per heavy atom. The predicted octanol–water partition coefficient (Wildman–Crippen LogP) is 3.98. The molecule has 25 heavy (non-hydrogen) atoms. The van der Waals surface area contributed by atoms with Crippen molar-refractivity contribution in [3.05, 3.63) is 76.6 Å². The Kier molecular flexibility index (Phi) is 5.28. The lowest BCUT2D eigenvalue weighted by Crippen LogP contribution is -2.31. The summed E-state index contributed by atoms with van der Waals surface area (Å²) in [5.74, 6) is -0.408. The van der Waals surface area contributed by atoms with Crippen LogP contribution < -0.4 is 5.32 Å². The molecule has 3 aromatic rings. The number of aromatic nitrogens is 2. The largest absolute Gasteiger partial charge is 0.357 e. The van der Waals surface area contributed by atoms with Crippen LogP contribution in [0.1, 0.15) is 11.6 Å². The van der Waals surface area contributed by atoms with Gasteiger partial charge in [-0.25, -0.2) is 4.39 Å². The lowest BCUT2D eigenvalue weighted by Gasteiger charge is -2.16. The van der Waals surface area contributed by atoms with E-state index >= 15 is 0 Å². The number of likely N-dealkylation sites (N-methyl/N-ethyl adjacent to an activating group) is 1. The summed E-state index contributed by atoms with van der Waals surface area (Å²) in [7, 11) is 1.61. The Morgan fingerprint density at radius 2 is 2.00 bits per heavy atom. The van der Waals surface area contributed by atoms with E-state index in [1.807, 2.05) is 30.3 Å². The minimum Gasteiger partial charge on any atom is -0.357 e. The van der Waals surface area contributed by atoms with Crippen LogP contribution in [0.5, 0.6) is 0 Å². The Labute approximate surface area is 153 Å². The van der Waals surface area contributed by atoms with Gasteiger partial charge in [0.25, 0.3) is 0 Å². The summed E-state index contributed by atoms with van der Waals surface area (Å²) in [6, 6.07) is 15.3. The van der Waals surface area contributed by atoms with Gasteiger partial charge in [0.15, 0.2) is 0 Å². The van der Waals surface area contributed by atoms with Gasteiger partial charge in [0, 0.05) is 29.7 Å². The van der Waals surface area contributed by atoms with Gasteiger partial charge in [0.1, 0.15) is 11.9 Å². The van der Waals surface area contributed by atoms with E-state index in [1.165, 1.54) is 12.1 Å². The third kappa shape index (κ3) is 4.14. The number of hydrogen-bond acceptors (Lipinski definition) is 2. The second kappa shape index (κ2) is 7.61. The maximum atomic E-state index is 13.1. The van der Waals surface area contributed by atoms with Crippen LogP contribution >= 0.6 is 15.9 Å². The van der Waals surface area contributed by atoms with Gasteiger partial charge >= 0.3 is 0 Å². The molecule has 128 valence electrons. The van der Waals surface area contributed by atoms with E-state index in [-0.39, 0.29) is 11.7 Å². The molecule has 3 rings (SSSR count). The van der Waals surface area contributed by atoms with Crippen molar-refractivity contribution in [3.63, 3.8) is 0 Å². The summed E-state index contributed by atoms with van der Waals surface area (Å²) >= 11 is 3.45. The van der Waals surface area contributed by atoms with E-state index in [1.54, 1.807) is 30.1 Å². The molecule has 0 aliphatic heterocycles. The molecule has 0 saturated carbocycles. The summed E-state index contributed by atoms with van der Waals surface area (Å²) in [4.78, 5) is 12.4. The Morgan fingerprint density at radius 1 is 1.24 bits per heavy atom. The molecule has 0 saturated heterocycles. The summed E-state index contributed by atoms with van der Waals surface area (Å²) < 4.78 is 15.7. The average molecular weight is 402 g/mol. The maximum absolute atomic E-state index is 13.1. The molecule has 0 bridgehead atoms. The standard InChI is InChI=1S/C19H17BrFN3O/c1-22-19(25)18(12-13-3-2-4-15(20)11-13)24-10-9-17(23-24)14-5-7-16(21)8-6-14/h2-11,18H,12H2,1H3,(H,22,25)/t18-/m0/s1. The molecule has 0 aliphatic carbocycles. The number of rotatable bonds is 5. The van der Waals surface area contributed by atoms with E-state index in [0.717, 1.165) is 15.6 Å². The first-order chi connectivity index (χ1) is 12.1. The van der Waals surface area contributed by atoms with Crippen LogP contribution in [-0.4, -0.2) is 22.7 Å². The van der Waals surface area contributed by atoms with E-state index in [9.17, 15) is 9.18 Å². The zero-order valence-corrected chi connectivity index (χ0v) is 15.2. The van der Waals surface area contributed by atoms with Crippen molar-refractivity contribution in [2.24, 2.45) is 0 Å². The maximum Gasteiger partial charge on any atom is 0.244 e. The third-order valence-electron chi connectivity index (χ3n) is 3.93. The van der Waals surface area contributed by atoms with Crippen molar-refractivity contribution in [2.75, 3.05) is 7.05 Å². The highest BCUT2D eigenvalue weighted by Crippen LogP contribution is 2.22. The zero-order chi connectivity index (χ0) is 17.8. The van der Waals surface area contributed by atoms with E-state index in [2.05, 4.69) is 26.3 Å². The second-order valence-electron chi connectivity index (χ2n) is 5.65. The fourth-order valence-corrected chi connectivity index (χ4v) is 3.09. The van der Waals surface area contributed by atoms with Crippen molar-refractivity contribution < 1.29 is 9.18 Å². The smallest absolute Gasteiger partial charge is 0.244 e. The van der Waals surface area contributed by atoms with Gasteiger partial charge < -0.3 is 5.32 Å². The first-order valence-electron chi connectivity index (χ1n) is 7.84. The van der Waals surface area contributed by atoms with Crippen molar-refractivity contribution >= 4 is 21.8 Å². The van der Waals surface area contributed by atoms with Crippen molar-refractivity contribution in [2.45, 2.75) is 12.5 Å². The highest BCUT2D eigenvalue weighted by molar-refractivity contribution is 9.10. The summed E-state index contributed by atoms with van der Waals surface area (Å²) in [6.07, 6.45) is 2.29. The van der Waals surface area contributed by atoms with Crippen LogP contribution in [-0.2, 0) is 11.2 Å². The molecule has 1 amide bonds. The number of halogens is 2. The summed E-state index contributed by atoms with van der Waals surface area (Å²) in [5.41, 5.74) is 2.53. The molecule has 2 aromatic carbocycles. The van der Waals surface area contributed by atoms with Crippen molar-refractivity contribution in [3.8, 4) is 11.3 Å². The van der Waals surface area contributed by atoms with Crippen LogP contribution in [0.2, 0.25) is 0 Å². The number of nitrogens with one attached hydrogen (secondary N) is 1. The van der Waals surface area contributed by atoms with Gasteiger partial charge in [-0.3, -0.25) is 9.48 Å². The van der Waals surface area contributed by atoms with Gasteiger partial charge in [0.05, 0.1) is 5.69 Å². The van der Waals surface area contributed by atoms with Crippen LogP contribution in [0.3, 0.4) is 0 Å². The SMILES string of the molecule is CNC(=O)[C@H](Cc1cccc(Br)c1)n1ccc(-c2ccc(F)cc2)n1. The number of carbonyl (C=O) groups is 1. The molecule has 0 aliphatic rings. The van der Waals surface area contributed by atoms with Crippen molar-refractivity contribution in [1.29, 1.82) is 0 Å². The Hall–Kier alpha value is -2.47. The Balaban J connectivity index is 1.89. The number of hydrogen-bond donors (Lipinski definition) is 1. The molecule has 0 radical (unpaired) electrons. The highest BCUT2D eigenvalue weighted by Gasteiger charge is 2.21. The average Bonchev–Trinajstić information content (AvgIpc) is 3.09. The van der Waals surface area contributed by atoms with Gasteiger partial charge in [-0.15, -0.1) is 0 Å².